The van der Waals surface area contributed by atoms with E-state index in [0.29, 0.717) is 0 Å². The number of benzene rings is 2. The Morgan fingerprint density at radius 1 is 0.920 bits per heavy atom. The van der Waals surface area contributed by atoms with Crippen LogP contribution in [0.15, 0.2) is 59.6 Å². The first kappa shape index (κ1) is 17.3. The summed E-state index contributed by atoms with van der Waals surface area (Å²) < 4.78 is 10.7. The Kier molecular flexibility index (Phi) is 5.56. The lowest BCUT2D eigenvalue weighted by molar-refractivity contribution is 0.404. The number of hydrogen-bond acceptors (Lipinski definition) is 5. The van der Waals surface area contributed by atoms with Crippen molar-refractivity contribution in [1.82, 2.24) is 10.2 Å². The van der Waals surface area contributed by atoms with Crippen LogP contribution in [0.5, 0.6) is 11.5 Å². The number of nitrogens with zero attached hydrogens (tertiary/aromatic N) is 2. The Labute approximate surface area is 152 Å². The van der Waals surface area contributed by atoms with Gasteiger partial charge in [-0.05, 0) is 42.8 Å². The van der Waals surface area contributed by atoms with Gasteiger partial charge in [-0.1, -0.05) is 41.6 Å². The van der Waals surface area contributed by atoms with Crippen molar-refractivity contribution in [1.29, 1.82) is 0 Å². The minimum atomic E-state index is 0.746. The van der Waals surface area contributed by atoms with E-state index in [9.17, 15) is 0 Å². The first-order chi connectivity index (χ1) is 12.2. The smallest absolute Gasteiger partial charge is 0.128 e. The molecule has 3 rings (SSSR count). The fourth-order valence-corrected chi connectivity index (χ4v) is 3.27. The van der Waals surface area contributed by atoms with E-state index in [0.717, 1.165) is 33.5 Å². The number of thioether (sulfide) groups is 1. The lowest BCUT2D eigenvalue weighted by atomic mass is 10.1. The van der Waals surface area contributed by atoms with Gasteiger partial charge in [0.15, 0.2) is 0 Å². The Bertz CT molecular complexity index is 851. The zero-order valence-electron chi connectivity index (χ0n) is 14.5. The third kappa shape index (κ3) is 4.31. The first-order valence-corrected chi connectivity index (χ1v) is 8.92. The normalized spacial score (nSPS) is 10.5. The van der Waals surface area contributed by atoms with E-state index in [1.165, 1.54) is 11.1 Å². The van der Waals surface area contributed by atoms with E-state index in [1.54, 1.807) is 26.0 Å². The van der Waals surface area contributed by atoms with Crippen LogP contribution in [0.4, 0.5) is 0 Å². The van der Waals surface area contributed by atoms with Crippen molar-refractivity contribution in [3.63, 3.8) is 0 Å². The topological polar surface area (TPSA) is 44.2 Å². The molecule has 25 heavy (non-hydrogen) atoms. The van der Waals surface area contributed by atoms with E-state index >= 15 is 0 Å². The van der Waals surface area contributed by atoms with Crippen LogP contribution in [0, 0.1) is 6.92 Å². The number of hydrogen-bond donors (Lipinski definition) is 0. The molecule has 5 heteroatoms. The summed E-state index contributed by atoms with van der Waals surface area (Å²) >= 11 is 1.67. The average molecular weight is 352 g/mol. The highest BCUT2D eigenvalue weighted by molar-refractivity contribution is 7.98. The van der Waals surface area contributed by atoms with Crippen LogP contribution in [0.2, 0.25) is 0 Å². The second-order valence-corrected chi connectivity index (χ2v) is 6.60. The summed E-state index contributed by atoms with van der Waals surface area (Å²) in [4.78, 5) is 0. The van der Waals surface area contributed by atoms with Crippen LogP contribution in [-0.2, 0) is 5.75 Å². The molecule has 0 N–H and O–H groups in total. The molecule has 1 aromatic heterocycles. The third-order valence-electron chi connectivity index (χ3n) is 3.79. The van der Waals surface area contributed by atoms with Crippen LogP contribution >= 0.6 is 11.8 Å². The number of methoxy groups -OCH3 is 2. The van der Waals surface area contributed by atoms with Gasteiger partial charge >= 0.3 is 0 Å². The van der Waals surface area contributed by atoms with Gasteiger partial charge in [0.05, 0.1) is 19.9 Å². The molecule has 0 radical (unpaired) electrons. The summed E-state index contributed by atoms with van der Waals surface area (Å²) in [5, 5.41) is 9.59. The van der Waals surface area contributed by atoms with Crippen molar-refractivity contribution in [3.8, 4) is 22.8 Å². The molecule has 0 bridgehead atoms. The van der Waals surface area contributed by atoms with Crippen molar-refractivity contribution >= 4 is 11.8 Å². The van der Waals surface area contributed by atoms with Crippen LogP contribution < -0.4 is 9.47 Å². The zero-order chi connectivity index (χ0) is 17.6. The van der Waals surface area contributed by atoms with Gasteiger partial charge in [0.1, 0.15) is 16.5 Å². The largest absolute Gasteiger partial charge is 0.497 e. The molecule has 0 aliphatic carbocycles. The number of ether oxygens (including phenoxy) is 2. The van der Waals surface area contributed by atoms with Crippen molar-refractivity contribution in [3.05, 3.63) is 65.7 Å². The molecule has 0 fully saturated rings. The Hall–Kier alpha value is -2.53. The Morgan fingerprint density at radius 3 is 2.48 bits per heavy atom. The Morgan fingerprint density at radius 2 is 1.80 bits per heavy atom. The molecular formula is C20H20N2O2S. The van der Waals surface area contributed by atoms with E-state index in [2.05, 4.69) is 41.4 Å². The summed E-state index contributed by atoms with van der Waals surface area (Å²) in [5.74, 6) is 2.38. The minimum absolute atomic E-state index is 0.746. The minimum Gasteiger partial charge on any atom is -0.497 e. The van der Waals surface area contributed by atoms with Crippen molar-refractivity contribution in [2.24, 2.45) is 0 Å². The van der Waals surface area contributed by atoms with E-state index in [-0.39, 0.29) is 0 Å². The van der Waals surface area contributed by atoms with Crippen molar-refractivity contribution < 1.29 is 9.47 Å². The summed E-state index contributed by atoms with van der Waals surface area (Å²) in [5.41, 5.74) is 4.18. The molecule has 0 saturated carbocycles. The number of aromatic nitrogens is 2. The molecule has 2 aromatic carbocycles. The van der Waals surface area contributed by atoms with E-state index < -0.39 is 0 Å². The number of rotatable bonds is 6. The lowest BCUT2D eigenvalue weighted by Crippen LogP contribution is -1.94. The SMILES string of the molecule is COc1ccc(OC)c(-c2ccc(SCc3cccc(C)c3)nn2)c1. The average Bonchev–Trinajstić information content (AvgIpc) is 2.66. The maximum absolute atomic E-state index is 5.42. The van der Waals surface area contributed by atoms with Crippen molar-refractivity contribution in [2.45, 2.75) is 17.7 Å². The highest BCUT2D eigenvalue weighted by Crippen LogP contribution is 2.32. The highest BCUT2D eigenvalue weighted by atomic mass is 32.2. The standard InChI is InChI=1S/C20H20N2O2S/c1-14-5-4-6-15(11-14)13-25-20-10-8-18(21-22-20)17-12-16(23-2)7-9-19(17)24-3/h4-12H,13H2,1-3H3. The number of aryl methyl sites for hydroxylation is 1. The Balaban J connectivity index is 1.76. The second kappa shape index (κ2) is 8.03. The summed E-state index contributed by atoms with van der Waals surface area (Å²) in [6.07, 6.45) is 0. The van der Waals surface area contributed by atoms with Gasteiger partial charge in [-0.3, -0.25) is 0 Å². The lowest BCUT2D eigenvalue weighted by Gasteiger charge is -2.10. The van der Waals surface area contributed by atoms with Gasteiger partial charge in [-0.15, -0.1) is 10.2 Å². The third-order valence-corrected chi connectivity index (χ3v) is 4.78. The van der Waals surface area contributed by atoms with E-state index in [4.69, 9.17) is 9.47 Å². The maximum atomic E-state index is 5.42. The molecule has 0 atom stereocenters. The van der Waals surface area contributed by atoms with Gasteiger partial charge in [-0.2, -0.15) is 0 Å². The zero-order valence-corrected chi connectivity index (χ0v) is 15.3. The first-order valence-electron chi connectivity index (χ1n) is 7.94. The molecule has 0 unspecified atom stereocenters. The molecule has 0 saturated heterocycles. The molecule has 1 heterocycles. The van der Waals surface area contributed by atoms with Gasteiger partial charge in [0.25, 0.3) is 0 Å². The van der Waals surface area contributed by atoms with Crippen LogP contribution in [0.3, 0.4) is 0 Å². The molecule has 3 aromatic rings. The summed E-state index contributed by atoms with van der Waals surface area (Å²) in [6.45, 7) is 2.10. The molecular weight excluding hydrogens is 332 g/mol. The van der Waals surface area contributed by atoms with Gasteiger partial charge < -0.3 is 9.47 Å². The highest BCUT2D eigenvalue weighted by Gasteiger charge is 2.10. The van der Waals surface area contributed by atoms with Gasteiger partial charge in [-0.25, -0.2) is 0 Å². The molecule has 128 valence electrons. The van der Waals surface area contributed by atoms with Gasteiger partial charge in [0, 0.05) is 11.3 Å². The quantitative estimate of drug-likeness (QED) is 0.598. The fourth-order valence-electron chi connectivity index (χ4n) is 2.51. The van der Waals surface area contributed by atoms with Crippen LogP contribution in [-0.4, -0.2) is 24.4 Å². The maximum Gasteiger partial charge on any atom is 0.128 e. The predicted octanol–water partition coefficient (Wildman–Crippen LogP) is 4.76. The molecule has 4 nitrogen and oxygen atoms in total. The monoisotopic (exact) mass is 352 g/mol. The van der Waals surface area contributed by atoms with Crippen LogP contribution in [0.25, 0.3) is 11.3 Å². The molecule has 0 aliphatic rings. The van der Waals surface area contributed by atoms with E-state index in [1.807, 2.05) is 30.3 Å². The van der Waals surface area contributed by atoms with Crippen LogP contribution in [0.1, 0.15) is 11.1 Å². The molecule has 0 spiro atoms. The van der Waals surface area contributed by atoms with Crippen molar-refractivity contribution in [2.75, 3.05) is 14.2 Å². The summed E-state index contributed by atoms with van der Waals surface area (Å²) in [6, 6.07) is 18.1. The fraction of sp³-hybridized carbons (Fsp3) is 0.200. The predicted molar refractivity (Wildman–Crippen MR) is 101 cm³/mol. The summed E-state index contributed by atoms with van der Waals surface area (Å²) in [7, 11) is 3.28. The molecule has 0 aliphatic heterocycles. The molecule has 0 amide bonds. The second-order valence-electron chi connectivity index (χ2n) is 5.60. The van der Waals surface area contributed by atoms with Gasteiger partial charge in [0.2, 0.25) is 0 Å².